The maximum Gasteiger partial charge on any atom is 0.264 e. The quantitative estimate of drug-likeness (QED) is 0.279. The Morgan fingerprint density at radius 2 is 1.73 bits per heavy atom. The van der Waals surface area contributed by atoms with E-state index >= 15 is 0 Å². The van der Waals surface area contributed by atoms with Crippen LogP contribution < -0.4 is 9.21 Å². The predicted molar refractivity (Wildman–Crippen MR) is 167 cm³/mol. The number of aryl methyl sites for hydroxylation is 4. The number of rotatable bonds is 10. The van der Waals surface area contributed by atoms with Crippen LogP contribution in [0.25, 0.3) is 0 Å². The first-order valence-electron chi connectivity index (χ1n) is 14.2. The number of nitrogens with zero attached hydrogens (tertiary/aromatic N) is 4. The molecule has 3 aromatic rings. The second-order valence-electron chi connectivity index (χ2n) is 11.2. The fourth-order valence-electron chi connectivity index (χ4n) is 5.48. The van der Waals surface area contributed by atoms with Gasteiger partial charge in [0.05, 0.1) is 10.6 Å². The van der Waals surface area contributed by atoms with Crippen molar-refractivity contribution >= 4 is 38.9 Å². The molecule has 1 aromatic heterocycles. The summed E-state index contributed by atoms with van der Waals surface area (Å²) in [5.74, 6) is 0.670. The summed E-state index contributed by atoms with van der Waals surface area (Å²) in [4.78, 5) is 21.8. The minimum absolute atomic E-state index is 0.0687. The van der Waals surface area contributed by atoms with Gasteiger partial charge in [-0.05, 0) is 99.4 Å². The molecule has 0 unspecified atom stereocenters. The van der Waals surface area contributed by atoms with Crippen molar-refractivity contribution in [3.05, 3.63) is 82.1 Å². The lowest BCUT2D eigenvalue weighted by Crippen LogP contribution is -2.35. The number of carbonyl (C=O) groups is 1. The van der Waals surface area contributed by atoms with E-state index in [4.69, 9.17) is 11.6 Å². The fourth-order valence-corrected chi connectivity index (χ4v) is 7.22. The van der Waals surface area contributed by atoms with Crippen LogP contribution in [0.2, 0.25) is 5.02 Å². The van der Waals surface area contributed by atoms with E-state index in [1.807, 2.05) is 43.3 Å². The normalized spacial score (nSPS) is 14.2. The molecule has 0 atom stereocenters. The highest BCUT2D eigenvalue weighted by Gasteiger charge is 2.26. The van der Waals surface area contributed by atoms with Crippen molar-refractivity contribution in [3.63, 3.8) is 0 Å². The summed E-state index contributed by atoms with van der Waals surface area (Å²) in [5, 5.41) is 0.539. The number of amides is 1. The van der Waals surface area contributed by atoms with Crippen LogP contribution in [0.3, 0.4) is 0 Å². The van der Waals surface area contributed by atoms with E-state index in [1.54, 1.807) is 39.1 Å². The largest absolute Gasteiger partial charge is 0.371 e. The molecular weight excluding hydrogens is 556 g/mol. The molecule has 1 amide bonds. The Hall–Kier alpha value is -3.10. The minimum atomic E-state index is -3.81. The van der Waals surface area contributed by atoms with Crippen LogP contribution in [0.5, 0.6) is 0 Å². The first kappa shape index (κ1) is 30.8. The molecule has 1 aliphatic rings. The van der Waals surface area contributed by atoms with Crippen molar-refractivity contribution in [2.75, 3.05) is 42.9 Å². The summed E-state index contributed by atoms with van der Waals surface area (Å²) in [6.07, 6.45) is 5.87. The first-order valence-corrected chi connectivity index (χ1v) is 16.0. The Morgan fingerprint density at radius 3 is 2.44 bits per heavy atom. The van der Waals surface area contributed by atoms with E-state index in [1.165, 1.54) is 9.99 Å². The van der Waals surface area contributed by atoms with E-state index in [9.17, 15) is 13.2 Å². The van der Waals surface area contributed by atoms with Crippen molar-refractivity contribution in [1.82, 2.24) is 9.88 Å². The molecule has 0 aliphatic carbocycles. The van der Waals surface area contributed by atoms with Crippen molar-refractivity contribution in [2.45, 2.75) is 57.8 Å². The molecule has 0 bridgehead atoms. The molecule has 220 valence electrons. The van der Waals surface area contributed by atoms with Gasteiger partial charge in [-0.3, -0.25) is 14.1 Å². The molecule has 0 saturated carbocycles. The fraction of sp³-hybridized carbons (Fsp3) is 0.438. The number of benzene rings is 2. The maximum absolute atomic E-state index is 13.6. The molecule has 9 heteroatoms. The van der Waals surface area contributed by atoms with Gasteiger partial charge in [-0.2, -0.15) is 0 Å². The number of aromatic nitrogens is 1. The molecule has 1 aliphatic heterocycles. The number of halogens is 1. The summed E-state index contributed by atoms with van der Waals surface area (Å²) in [7, 11) is -0.383. The van der Waals surface area contributed by atoms with E-state index in [0.29, 0.717) is 40.6 Å². The van der Waals surface area contributed by atoms with Crippen molar-refractivity contribution in [3.8, 4) is 0 Å². The zero-order chi connectivity index (χ0) is 29.7. The first-order chi connectivity index (χ1) is 19.5. The van der Waals surface area contributed by atoms with Crippen LogP contribution in [-0.2, 0) is 21.2 Å². The molecular formula is C32H41ClN4O3S. The standard InChI is InChI=1S/C32H41ClN4O3S/c1-23-21-31(24(2)20-29(23)33)41(39,40)36(5)30-9-7-6-8-27(30)10-11-32(38)35(4)17-13-26-14-18-37(19-15-26)28-12-16-34-25(3)22-28/h6-9,12,16,20-22,26H,10-11,13-15,17-19H2,1-5H3. The van der Waals surface area contributed by atoms with Crippen molar-refractivity contribution < 1.29 is 13.2 Å². The number of sulfonamides is 1. The smallest absolute Gasteiger partial charge is 0.264 e. The molecule has 2 heterocycles. The Balaban J connectivity index is 1.32. The number of hydrogen-bond acceptors (Lipinski definition) is 5. The third-order valence-electron chi connectivity index (χ3n) is 8.19. The van der Waals surface area contributed by atoms with E-state index in [-0.39, 0.29) is 10.8 Å². The van der Waals surface area contributed by atoms with E-state index in [2.05, 4.69) is 22.0 Å². The van der Waals surface area contributed by atoms with Gasteiger partial charge >= 0.3 is 0 Å². The SMILES string of the molecule is Cc1cc(N2CCC(CCN(C)C(=O)CCc3ccccc3N(C)S(=O)(=O)c3cc(C)c(Cl)cc3C)CC2)ccn1. The van der Waals surface area contributed by atoms with Crippen LogP contribution in [0.1, 0.15) is 48.1 Å². The lowest BCUT2D eigenvalue weighted by Gasteiger charge is -2.34. The molecule has 41 heavy (non-hydrogen) atoms. The topological polar surface area (TPSA) is 73.8 Å². The summed E-state index contributed by atoms with van der Waals surface area (Å²) >= 11 is 6.21. The third-order valence-corrected chi connectivity index (χ3v) is 10.5. The van der Waals surface area contributed by atoms with Crippen molar-refractivity contribution in [2.24, 2.45) is 5.92 Å². The van der Waals surface area contributed by atoms with Crippen LogP contribution in [0, 0.1) is 26.7 Å². The number of anilines is 2. The number of hydrogen-bond donors (Lipinski definition) is 0. The number of para-hydroxylation sites is 1. The molecule has 0 N–H and O–H groups in total. The summed E-state index contributed by atoms with van der Waals surface area (Å²) < 4.78 is 28.4. The lowest BCUT2D eigenvalue weighted by atomic mass is 9.93. The summed E-state index contributed by atoms with van der Waals surface area (Å²) in [6, 6.07) is 14.9. The highest BCUT2D eigenvalue weighted by Crippen LogP contribution is 2.31. The van der Waals surface area contributed by atoms with Crippen LogP contribution >= 0.6 is 11.6 Å². The molecule has 7 nitrogen and oxygen atoms in total. The van der Waals surface area contributed by atoms with Gasteiger partial charge in [0, 0.05) is 62.8 Å². The zero-order valence-electron chi connectivity index (χ0n) is 24.7. The lowest BCUT2D eigenvalue weighted by molar-refractivity contribution is -0.130. The molecule has 1 fully saturated rings. The molecule has 0 radical (unpaired) electrons. The molecule has 0 spiro atoms. The van der Waals surface area contributed by atoms with E-state index in [0.717, 1.165) is 50.2 Å². The van der Waals surface area contributed by atoms with Gasteiger partial charge in [-0.1, -0.05) is 29.8 Å². The van der Waals surface area contributed by atoms with Gasteiger partial charge in [-0.15, -0.1) is 0 Å². The Morgan fingerprint density at radius 1 is 1.02 bits per heavy atom. The second kappa shape index (κ2) is 13.3. The summed E-state index contributed by atoms with van der Waals surface area (Å²) in [6.45, 7) is 8.33. The number of pyridine rings is 1. The monoisotopic (exact) mass is 596 g/mol. The predicted octanol–water partition coefficient (Wildman–Crippen LogP) is 6.18. The number of carbonyl (C=O) groups excluding carboxylic acids is 1. The highest BCUT2D eigenvalue weighted by atomic mass is 35.5. The van der Waals surface area contributed by atoms with Gasteiger partial charge in [0.2, 0.25) is 5.91 Å². The third kappa shape index (κ3) is 7.41. The maximum atomic E-state index is 13.6. The average Bonchev–Trinajstić information content (AvgIpc) is 2.96. The van der Waals surface area contributed by atoms with Crippen LogP contribution in [0.15, 0.2) is 59.6 Å². The van der Waals surface area contributed by atoms with Crippen molar-refractivity contribution in [1.29, 1.82) is 0 Å². The van der Waals surface area contributed by atoms with Gasteiger partial charge in [0.15, 0.2) is 0 Å². The Labute approximate surface area is 250 Å². The molecule has 1 saturated heterocycles. The van der Waals surface area contributed by atoms with Gasteiger partial charge < -0.3 is 9.80 Å². The second-order valence-corrected chi connectivity index (χ2v) is 13.5. The molecule has 4 rings (SSSR count). The van der Waals surface area contributed by atoms with Gasteiger partial charge in [-0.25, -0.2) is 8.42 Å². The molecule has 2 aromatic carbocycles. The minimum Gasteiger partial charge on any atom is -0.371 e. The van der Waals surface area contributed by atoms with E-state index < -0.39 is 10.0 Å². The van der Waals surface area contributed by atoms with Crippen LogP contribution in [-0.4, -0.2) is 57.9 Å². The van der Waals surface area contributed by atoms with Gasteiger partial charge in [0.1, 0.15) is 0 Å². The van der Waals surface area contributed by atoms with Gasteiger partial charge in [0.25, 0.3) is 10.0 Å². The zero-order valence-corrected chi connectivity index (χ0v) is 26.3. The summed E-state index contributed by atoms with van der Waals surface area (Å²) in [5.41, 5.74) is 4.97. The average molecular weight is 597 g/mol. The Kier molecular flexibility index (Phi) is 9.97. The number of piperidine rings is 1. The highest BCUT2D eigenvalue weighted by molar-refractivity contribution is 7.92. The Bertz CT molecular complexity index is 1490. The van der Waals surface area contributed by atoms with Crippen LogP contribution in [0.4, 0.5) is 11.4 Å².